The van der Waals surface area contributed by atoms with E-state index < -0.39 is 12.6 Å². The van der Waals surface area contributed by atoms with E-state index in [2.05, 4.69) is 5.32 Å². The van der Waals surface area contributed by atoms with Gasteiger partial charge in [0.2, 0.25) is 5.91 Å². The smallest absolute Gasteiger partial charge is 0.341 e. The molecule has 0 spiro atoms. The maximum absolute atomic E-state index is 11.9. The summed E-state index contributed by atoms with van der Waals surface area (Å²) in [7, 11) is 0. The number of anilines is 1. The zero-order valence-corrected chi connectivity index (χ0v) is 10.3. The molecule has 0 saturated carbocycles. The van der Waals surface area contributed by atoms with Crippen molar-refractivity contribution in [1.82, 2.24) is 0 Å². The summed E-state index contributed by atoms with van der Waals surface area (Å²) in [5.74, 6) is -1.01. The Kier molecular flexibility index (Phi) is 4.35. The van der Waals surface area contributed by atoms with Crippen LogP contribution in [0.2, 0.25) is 0 Å². The lowest BCUT2D eigenvalue weighted by Gasteiger charge is -2.13. The van der Waals surface area contributed by atoms with Gasteiger partial charge >= 0.3 is 5.97 Å². The molecule has 0 aromatic heterocycles. The monoisotopic (exact) mass is 265 g/mol. The summed E-state index contributed by atoms with van der Waals surface area (Å²) in [5.41, 5.74) is 0.473. The number of carbonyl (C=O) groups excluding carboxylic acids is 1. The Hall–Kier alpha value is -2.08. The summed E-state index contributed by atoms with van der Waals surface area (Å²) < 4.78 is 10.3. The van der Waals surface area contributed by atoms with Crippen molar-refractivity contribution in [3.05, 3.63) is 24.3 Å². The number of amides is 1. The fourth-order valence-corrected chi connectivity index (χ4v) is 1.81. The van der Waals surface area contributed by atoms with Crippen LogP contribution in [-0.2, 0) is 14.3 Å². The molecule has 1 unspecified atom stereocenters. The second-order valence-electron chi connectivity index (χ2n) is 4.23. The molecular formula is C13H15NO5. The first-order valence-electron chi connectivity index (χ1n) is 5.99. The number of carbonyl (C=O) groups is 2. The molecule has 1 fully saturated rings. The fraction of sp³-hybridized carbons (Fsp3) is 0.385. The van der Waals surface area contributed by atoms with Crippen molar-refractivity contribution in [2.24, 2.45) is 5.92 Å². The van der Waals surface area contributed by atoms with Gasteiger partial charge in [-0.3, -0.25) is 4.79 Å². The SMILES string of the molecule is O=C(O)COc1ccccc1NC(=O)C1CCOC1. The average molecular weight is 265 g/mol. The van der Waals surface area contributed by atoms with Crippen molar-refractivity contribution in [2.75, 3.05) is 25.1 Å². The van der Waals surface area contributed by atoms with Crippen molar-refractivity contribution in [1.29, 1.82) is 0 Å². The Bertz CT molecular complexity index is 468. The molecule has 1 amide bonds. The highest BCUT2D eigenvalue weighted by Gasteiger charge is 2.24. The van der Waals surface area contributed by atoms with Crippen LogP contribution in [0.5, 0.6) is 5.75 Å². The summed E-state index contributed by atoms with van der Waals surface area (Å²) in [6.45, 7) is 0.568. The van der Waals surface area contributed by atoms with Gasteiger partial charge in [-0.25, -0.2) is 4.79 Å². The summed E-state index contributed by atoms with van der Waals surface area (Å²) in [6.07, 6.45) is 0.698. The van der Waals surface area contributed by atoms with Gasteiger partial charge in [0, 0.05) is 6.61 Å². The third-order valence-corrected chi connectivity index (χ3v) is 2.80. The second kappa shape index (κ2) is 6.19. The van der Waals surface area contributed by atoms with E-state index in [4.69, 9.17) is 14.6 Å². The Morgan fingerprint density at radius 2 is 2.21 bits per heavy atom. The number of hydrogen-bond donors (Lipinski definition) is 2. The van der Waals surface area contributed by atoms with Gasteiger partial charge in [-0.2, -0.15) is 0 Å². The predicted octanol–water partition coefficient (Wildman–Crippen LogP) is 1.12. The van der Waals surface area contributed by atoms with E-state index in [9.17, 15) is 9.59 Å². The first kappa shape index (κ1) is 13.4. The van der Waals surface area contributed by atoms with Crippen LogP contribution in [0.4, 0.5) is 5.69 Å². The van der Waals surface area contributed by atoms with Gasteiger partial charge in [0.15, 0.2) is 6.61 Å². The molecule has 2 N–H and O–H groups in total. The maximum Gasteiger partial charge on any atom is 0.341 e. The normalized spacial score (nSPS) is 18.0. The number of carboxylic acid groups (broad SMARTS) is 1. The van der Waals surface area contributed by atoms with Gasteiger partial charge in [-0.15, -0.1) is 0 Å². The topological polar surface area (TPSA) is 84.9 Å². The van der Waals surface area contributed by atoms with Gasteiger partial charge < -0.3 is 19.9 Å². The van der Waals surface area contributed by atoms with Crippen LogP contribution < -0.4 is 10.1 Å². The highest BCUT2D eigenvalue weighted by molar-refractivity contribution is 5.94. The van der Waals surface area contributed by atoms with Crippen molar-refractivity contribution >= 4 is 17.6 Å². The number of nitrogens with one attached hydrogen (secondary N) is 1. The summed E-state index contributed by atoms with van der Waals surface area (Å²) in [4.78, 5) is 22.4. The van der Waals surface area contributed by atoms with Gasteiger partial charge in [0.25, 0.3) is 0 Å². The zero-order valence-electron chi connectivity index (χ0n) is 10.3. The van der Waals surface area contributed by atoms with E-state index in [1.54, 1.807) is 24.3 Å². The number of ether oxygens (including phenoxy) is 2. The van der Waals surface area contributed by atoms with Crippen LogP contribution in [0.25, 0.3) is 0 Å². The van der Waals surface area contributed by atoms with Gasteiger partial charge in [0.05, 0.1) is 18.2 Å². The Labute approximate surface area is 110 Å². The lowest BCUT2D eigenvalue weighted by molar-refractivity contribution is -0.139. The number of para-hydroxylation sites is 2. The predicted molar refractivity (Wildman–Crippen MR) is 67.1 cm³/mol. The zero-order chi connectivity index (χ0) is 13.7. The second-order valence-corrected chi connectivity index (χ2v) is 4.23. The fourth-order valence-electron chi connectivity index (χ4n) is 1.81. The van der Waals surface area contributed by atoms with Gasteiger partial charge in [-0.1, -0.05) is 12.1 Å². The Balaban J connectivity index is 2.02. The first-order chi connectivity index (χ1) is 9.16. The molecule has 1 aromatic rings. The van der Waals surface area contributed by atoms with Crippen molar-refractivity contribution in [3.8, 4) is 5.75 Å². The molecule has 1 aliphatic rings. The minimum atomic E-state index is -1.06. The molecule has 1 heterocycles. The molecule has 1 aromatic carbocycles. The Morgan fingerprint density at radius 1 is 1.42 bits per heavy atom. The molecule has 6 nitrogen and oxygen atoms in total. The first-order valence-corrected chi connectivity index (χ1v) is 5.99. The molecular weight excluding hydrogens is 250 g/mol. The van der Waals surface area contributed by atoms with Crippen molar-refractivity contribution in [2.45, 2.75) is 6.42 Å². The molecule has 2 rings (SSSR count). The van der Waals surface area contributed by atoms with E-state index in [1.165, 1.54) is 0 Å². The molecule has 0 aliphatic carbocycles. The summed E-state index contributed by atoms with van der Waals surface area (Å²) >= 11 is 0. The van der Waals surface area contributed by atoms with E-state index in [1.807, 2.05) is 0 Å². The third-order valence-electron chi connectivity index (χ3n) is 2.80. The van der Waals surface area contributed by atoms with E-state index in [0.29, 0.717) is 31.1 Å². The maximum atomic E-state index is 11.9. The lowest BCUT2D eigenvalue weighted by Crippen LogP contribution is -2.23. The molecule has 1 atom stereocenters. The minimum absolute atomic E-state index is 0.135. The quantitative estimate of drug-likeness (QED) is 0.833. The number of hydrogen-bond acceptors (Lipinski definition) is 4. The molecule has 0 radical (unpaired) electrons. The molecule has 6 heteroatoms. The molecule has 0 bridgehead atoms. The summed E-state index contributed by atoms with van der Waals surface area (Å²) in [5, 5.41) is 11.3. The number of aliphatic carboxylic acids is 1. The van der Waals surface area contributed by atoms with E-state index >= 15 is 0 Å². The molecule has 1 aliphatic heterocycles. The van der Waals surface area contributed by atoms with Gasteiger partial charge in [-0.05, 0) is 18.6 Å². The van der Waals surface area contributed by atoms with Crippen LogP contribution in [0.3, 0.4) is 0 Å². The third kappa shape index (κ3) is 3.69. The number of benzene rings is 1. The summed E-state index contributed by atoms with van der Waals surface area (Å²) in [6, 6.07) is 6.74. The van der Waals surface area contributed by atoms with Crippen LogP contribution in [0.15, 0.2) is 24.3 Å². The van der Waals surface area contributed by atoms with Gasteiger partial charge in [0.1, 0.15) is 5.75 Å². The number of carboxylic acids is 1. The molecule has 102 valence electrons. The standard InChI is InChI=1S/C13H15NO5/c15-12(16)8-19-11-4-2-1-3-10(11)14-13(17)9-5-6-18-7-9/h1-4,9H,5-8H2,(H,14,17)(H,15,16). The highest BCUT2D eigenvalue weighted by atomic mass is 16.5. The lowest BCUT2D eigenvalue weighted by atomic mass is 10.1. The molecule has 1 saturated heterocycles. The van der Waals surface area contributed by atoms with Crippen LogP contribution >= 0.6 is 0 Å². The Morgan fingerprint density at radius 3 is 2.89 bits per heavy atom. The van der Waals surface area contributed by atoms with Crippen LogP contribution in [0, 0.1) is 5.92 Å². The van der Waals surface area contributed by atoms with Crippen molar-refractivity contribution < 1.29 is 24.2 Å². The van der Waals surface area contributed by atoms with Crippen LogP contribution in [-0.4, -0.2) is 36.8 Å². The van der Waals surface area contributed by atoms with Crippen molar-refractivity contribution in [3.63, 3.8) is 0 Å². The largest absolute Gasteiger partial charge is 0.480 e. The van der Waals surface area contributed by atoms with E-state index in [0.717, 1.165) is 0 Å². The minimum Gasteiger partial charge on any atom is -0.480 e. The average Bonchev–Trinajstić information content (AvgIpc) is 2.91. The molecule has 19 heavy (non-hydrogen) atoms. The van der Waals surface area contributed by atoms with Crippen LogP contribution in [0.1, 0.15) is 6.42 Å². The number of rotatable bonds is 5. The highest BCUT2D eigenvalue weighted by Crippen LogP contribution is 2.25. The van der Waals surface area contributed by atoms with E-state index in [-0.39, 0.29) is 11.8 Å².